The molecule has 0 aliphatic carbocycles. The Hall–Kier alpha value is -3.04. The van der Waals surface area contributed by atoms with Crippen molar-refractivity contribution in [3.05, 3.63) is 80.5 Å². The predicted octanol–water partition coefficient (Wildman–Crippen LogP) is 4.09. The fourth-order valence-electron chi connectivity index (χ4n) is 3.34. The lowest BCUT2D eigenvalue weighted by atomic mass is 10.2. The lowest BCUT2D eigenvalue weighted by Crippen LogP contribution is -2.46. The number of aromatic nitrogens is 1. The zero-order valence-electron chi connectivity index (χ0n) is 16.2. The molecular weight excluding hydrogens is 407 g/mol. The maximum Gasteiger partial charge on any atom is 0.269 e. The number of ether oxygens (including phenoxy) is 1. The van der Waals surface area contributed by atoms with Crippen LogP contribution >= 0.6 is 11.3 Å². The second-order valence-corrected chi connectivity index (χ2v) is 7.95. The molecule has 1 aromatic heterocycles. The molecule has 0 unspecified atom stereocenters. The molecule has 7 nitrogen and oxygen atoms in total. The summed E-state index contributed by atoms with van der Waals surface area (Å²) in [7, 11) is 0. The van der Waals surface area contributed by atoms with Crippen LogP contribution in [0.3, 0.4) is 0 Å². The summed E-state index contributed by atoms with van der Waals surface area (Å²) in [5.74, 6) is 0.336. The van der Waals surface area contributed by atoms with Gasteiger partial charge >= 0.3 is 0 Å². The molecule has 0 saturated carbocycles. The summed E-state index contributed by atoms with van der Waals surface area (Å²) >= 11 is 1.56. The summed E-state index contributed by atoms with van der Waals surface area (Å²) in [4.78, 5) is 19.6. The van der Waals surface area contributed by atoms with E-state index in [2.05, 4.69) is 14.8 Å². The third kappa shape index (κ3) is 5.11. The van der Waals surface area contributed by atoms with Gasteiger partial charge in [-0.25, -0.2) is 9.37 Å². The van der Waals surface area contributed by atoms with E-state index in [-0.39, 0.29) is 16.4 Å². The molecule has 1 fully saturated rings. The van der Waals surface area contributed by atoms with E-state index in [1.807, 2.05) is 17.5 Å². The van der Waals surface area contributed by atoms with Crippen molar-refractivity contribution >= 4 is 22.7 Å². The fraction of sp³-hybridized carbons (Fsp3) is 0.286. The van der Waals surface area contributed by atoms with Crippen LogP contribution in [0.4, 0.5) is 15.8 Å². The number of hydrogen-bond acceptors (Lipinski definition) is 7. The van der Waals surface area contributed by atoms with Gasteiger partial charge in [-0.1, -0.05) is 0 Å². The number of nitrogens with zero attached hydrogens (tertiary/aromatic N) is 4. The topological polar surface area (TPSA) is 71.7 Å². The Labute approximate surface area is 177 Å². The van der Waals surface area contributed by atoms with E-state index in [0.717, 1.165) is 49.1 Å². The number of benzene rings is 2. The Balaban J connectivity index is 1.25. The van der Waals surface area contributed by atoms with Crippen molar-refractivity contribution in [2.75, 3.05) is 31.1 Å². The second kappa shape index (κ2) is 9.19. The number of thiazole rings is 1. The van der Waals surface area contributed by atoms with Crippen molar-refractivity contribution in [1.82, 2.24) is 9.88 Å². The number of halogens is 1. The van der Waals surface area contributed by atoms with E-state index in [0.29, 0.717) is 12.4 Å². The van der Waals surface area contributed by atoms with Crippen LogP contribution in [0.1, 0.15) is 10.7 Å². The largest absolute Gasteiger partial charge is 0.486 e. The molecule has 9 heteroatoms. The molecule has 30 heavy (non-hydrogen) atoms. The molecule has 0 N–H and O–H groups in total. The van der Waals surface area contributed by atoms with Crippen molar-refractivity contribution in [2.24, 2.45) is 0 Å². The van der Waals surface area contributed by atoms with E-state index >= 15 is 0 Å². The lowest BCUT2D eigenvalue weighted by molar-refractivity contribution is -0.384. The van der Waals surface area contributed by atoms with Gasteiger partial charge in [0.05, 0.1) is 10.6 Å². The lowest BCUT2D eigenvalue weighted by Gasteiger charge is -2.35. The van der Waals surface area contributed by atoms with Crippen LogP contribution in [-0.4, -0.2) is 41.0 Å². The first-order valence-corrected chi connectivity index (χ1v) is 10.5. The minimum Gasteiger partial charge on any atom is -0.486 e. The Morgan fingerprint density at radius 3 is 2.43 bits per heavy atom. The molecule has 0 spiro atoms. The third-order valence-electron chi connectivity index (χ3n) is 4.96. The van der Waals surface area contributed by atoms with Gasteiger partial charge in [0.2, 0.25) is 0 Å². The number of rotatable bonds is 7. The van der Waals surface area contributed by atoms with E-state index in [1.165, 1.54) is 12.1 Å². The monoisotopic (exact) mass is 428 g/mol. The molecule has 3 aromatic rings. The molecule has 1 saturated heterocycles. The second-order valence-electron chi connectivity index (χ2n) is 7.01. The summed E-state index contributed by atoms with van der Waals surface area (Å²) in [5.41, 5.74) is 2.13. The number of piperazine rings is 1. The molecule has 1 aliphatic heterocycles. The molecule has 0 bridgehead atoms. The van der Waals surface area contributed by atoms with Crippen LogP contribution in [0, 0.1) is 15.9 Å². The fourth-order valence-corrected chi connectivity index (χ4v) is 4.04. The van der Waals surface area contributed by atoms with Crippen LogP contribution in [0.2, 0.25) is 0 Å². The summed E-state index contributed by atoms with van der Waals surface area (Å²) < 4.78 is 18.6. The number of anilines is 1. The van der Waals surface area contributed by atoms with Gasteiger partial charge in [0, 0.05) is 55.9 Å². The zero-order valence-corrected chi connectivity index (χ0v) is 17.1. The molecule has 0 amide bonds. The predicted molar refractivity (Wildman–Crippen MR) is 113 cm³/mol. The summed E-state index contributed by atoms with van der Waals surface area (Å²) in [6.45, 7) is 4.67. The third-order valence-corrected chi connectivity index (χ3v) is 5.83. The van der Waals surface area contributed by atoms with Gasteiger partial charge < -0.3 is 9.64 Å². The quantitative estimate of drug-likeness (QED) is 0.417. The van der Waals surface area contributed by atoms with E-state index in [4.69, 9.17) is 4.74 Å². The SMILES string of the molecule is O=[N+]([O-])c1ccc(N2CCN(Cc3csc(COc4ccc(F)cc4)n3)CC2)cc1. The average molecular weight is 428 g/mol. The minimum absolute atomic E-state index is 0.111. The average Bonchev–Trinajstić information content (AvgIpc) is 3.21. The Morgan fingerprint density at radius 1 is 1.07 bits per heavy atom. The van der Waals surface area contributed by atoms with Gasteiger partial charge in [0.15, 0.2) is 0 Å². The zero-order chi connectivity index (χ0) is 20.9. The maximum atomic E-state index is 12.9. The molecule has 156 valence electrons. The van der Waals surface area contributed by atoms with Crippen molar-refractivity contribution in [3.63, 3.8) is 0 Å². The van der Waals surface area contributed by atoms with Crippen molar-refractivity contribution in [3.8, 4) is 5.75 Å². The molecule has 4 rings (SSSR count). The number of hydrogen-bond donors (Lipinski definition) is 0. The normalized spacial score (nSPS) is 14.6. The molecule has 2 heterocycles. The highest BCUT2D eigenvalue weighted by Crippen LogP contribution is 2.22. The maximum absolute atomic E-state index is 12.9. The molecule has 0 radical (unpaired) electrons. The van der Waals surface area contributed by atoms with Gasteiger partial charge in [-0.05, 0) is 36.4 Å². The van der Waals surface area contributed by atoms with Crippen LogP contribution < -0.4 is 9.64 Å². The van der Waals surface area contributed by atoms with Crippen LogP contribution in [0.25, 0.3) is 0 Å². The van der Waals surface area contributed by atoms with E-state index < -0.39 is 0 Å². The van der Waals surface area contributed by atoms with E-state index in [9.17, 15) is 14.5 Å². The number of nitro groups is 1. The minimum atomic E-state index is -0.380. The highest BCUT2D eigenvalue weighted by atomic mass is 32.1. The van der Waals surface area contributed by atoms with Crippen molar-refractivity contribution in [1.29, 1.82) is 0 Å². The highest BCUT2D eigenvalue weighted by molar-refractivity contribution is 7.09. The van der Waals surface area contributed by atoms with Crippen molar-refractivity contribution < 1.29 is 14.1 Å². The van der Waals surface area contributed by atoms with E-state index in [1.54, 1.807) is 35.6 Å². The van der Waals surface area contributed by atoms with Crippen molar-refractivity contribution in [2.45, 2.75) is 13.2 Å². The van der Waals surface area contributed by atoms with Gasteiger partial charge in [-0.15, -0.1) is 11.3 Å². The Kier molecular flexibility index (Phi) is 6.20. The first-order valence-electron chi connectivity index (χ1n) is 9.60. The van der Waals surface area contributed by atoms with Crippen LogP contribution in [0.15, 0.2) is 53.9 Å². The standard InChI is InChI=1S/C21H21FN4O3S/c22-16-1-7-20(8-2-16)29-14-21-23-17(15-30-21)13-24-9-11-25(12-10-24)18-3-5-19(6-4-18)26(27)28/h1-8,15H,9-14H2. The molecule has 0 atom stereocenters. The smallest absolute Gasteiger partial charge is 0.269 e. The van der Waals surface area contributed by atoms with Gasteiger partial charge in [-0.3, -0.25) is 15.0 Å². The molecule has 1 aliphatic rings. The van der Waals surface area contributed by atoms with Crippen LogP contribution in [0.5, 0.6) is 5.75 Å². The summed E-state index contributed by atoms with van der Waals surface area (Å²) in [5, 5.41) is 13.7. The number of non-ortho nitro benzene ring substituents is 1. The Morgan fingerprint density at radius 2 is 1.77 bits per heavy atom. The number of nitro benzene ring substituents is 1. The Bertz CT molecular complexity index is 986. The van der Waals surface area contributed by atoms with Crippen LogP contribution in [-0.2, 0) is 13.2 Å². The first kappa shape index (κ1) is 20.2. The summed E-state index contributed by atoms with van der Waals surface area (Å²) in [6, 6.07) is 12.7. The highest BCUT2D eigenvalue weighted by Gasteiger charge is 2.19. The molecular formula is C21H21FN4O3S. The van der Waals surface area contributed by atoms with Gasteiger partial charge in [-0.2, -0.15) is 0 Å². The first-order chi connectivity index (χ1) is 14.6. The van der Waals surface area contributed by atoms with Gasteiger partial charge in [0.1, 0.15) is 23.2 Å². The summed E-state index contributed by atoms with van der Waals surface area (Å²) in [6.07, 6.45) is 0. The molecule has 2 aromatic carbocycles. The van der Waals surface area contributed by atoms with Gasteiger partial charge in [0.25, 0.3) is 5.69 Å².